The lowest BCUT2D eigenvalue weighted by molar-refractivity contribution is -0.141. The number of hydrogen-bond donors (Lipinski definition) is 3. The first kappa shape index (κ1) is 28.6. The first-order chi connectivity index (χ1) is 18.7. The number of piperazine rings is 1. The van der Waals surface area contributed by atoms with Gasteiger partial charge in [-0.25, -0.2) is 8.78 Å². The van der Waals surface area contributed by atoms with E-state index < -0.39 is 47.6 Å². The van der Waals surface area contributed by atoms with E-state index in [2.05, 4.69) is 10.6 Å². The largest absolute Gasteiger partial charge is 0.389 e. The van der Waals surface area contributed by atoms with E-state index in [4.69, 9.17) is 0 Å². The molecule has 8 nitrogen and oxygen atoms in total. The number of amides is 3. The number of carbonyl (C=O) groups is 3. The standard InChI is InChI=1S/C29H36F2N4O4/c1-3-10-34-17-23(18(2)28(34)38)27(37)33-24(14-20-12-21(30)15-22(31)13-20)26(36)25-29(39)35(11-9-32-25)16-19-7-5-4-6-8-19/h4-8,12-13,15,18,23-26,32,36H,3,9-11,14,16-17H2,1-2H3,(H,33,37). The Hall–Kier alpha value is -3.37. The third-order valence-electron chi connectivity index (χ3n) is 7.55. The number of nitrogens with zero attached hydrogens (tertiary/aromatic N) is 2. The Morgan fingerprint density at radius 3 is 2.44 bits per heavy atom. The van der Waals surface area contributed by atoms with Crippen molar-refractivity contribution in [3.8, 4) is 0 Å². The van der Waals surface area contributed by atoms with Gasteiger partial charge in [-0.3, -0.25) is 14.4 Å². The lowest BCUT2D eigenvalue weighted by Crippen LogP contribution is -2.64. The fourth-order valence-electron chi connectivity index (χ4n) is 5.47. The molecule has 2 fully saturated rings. The van der Waals surface area contributed by atoms with Crippen LogP contribution in [0.5, 0.6) is 0 Å². The van der Waals surface area contributed by atoms with Gasteiger partial charge in [-0.05, 0) is 36.1 Å². The van der Waals surface area contributed by atoms with Crippen molar-refractivity contribution >= 4 is 17.7 Å². The van der Waals surface area contributed by atoms with Gasteiger partial charge in [0.25, 0.3) is 0 Å². The lowest BCUT2D eigenvalue weighted by atomic mass is 9.92. The minimum absolute atomic E-state index is 0.109. The first-order valence-electron chi connectivity index (χ1n) is 13.5. The van der Waals surface area contributed by atoms with Crippen molar-refractivity contribution in [2.45, 2.75) is 51.4 Å². The van der Waals surface area contributed by atoms with Crippen LogP contribution in [0.4, 0.5) is 8.78 Å². The Kier molecular flexibility index (Phi) is 9.29. The molecule has 0 bridgehead atoms. The van der Waals surface area contributed by atoms with Gasteiger partial charge in [-0.15, -0.1) is 0 Å². The van der Waals surface area contributed by atoms with Crippen LogP contribution in [0.25, 0.3) is 0 Å². The Labute approximate surface area is 227 Å². The smallest absolute Gasteiger partial charge is 0.242 e. The summed E-state index contributed by atoms with van der Waals surface area (Å²) in [5, 5.41) is 17.3. The molecule has 2 aromatic rings. The molecule has 210 valence electrons. The number of rotatable bonds is 10. The molecular formula is C29H36F2N4O4. The van der Waals surface area contributed by atoms with E-state index in [0.29, 0.717) is 26.2 Å². The van der Waals surface area contributed by atoms with Gasteiger partial charge in [-0.2, -0.15) is 0 Å². The quantitative estimate of drug-likeness (QED) is 0.426. The maximum Gasteiger partial charge on any atom is 0.242 e. The highest BCUT2D eigenvalue weighted by Gasteiger charge is 2.43. The fraction of sp³-hybridized carbons (Fsp3) is 0.483. The SMILES string of the molecule is CCCN1CC(C(=O)NC(Cc2cc(F)cc(F)c2)C(O)C2NCCN(Cc3ccccc3)C2=O)C(C)C1=O. The summed E-state index contributed by atoms with van der Waals surface area (Å²) in [6.45, 7) is 5.68. The second-order valence-electron chi connectivity index (χ2n) is 10.4. The summed E-state index contributed by atoms with van der Waals surface area (Å²) in [7, 11) is 0. The summed E-state index contributed by atoms with van der Waals surface area (Å²) in [6, 6.07) is 10.4. The molecule has 2 aliphatic heterocycles. The van der Waals surface area contributed by atoms with Crippen LogP contribution in [0.1, 0.15) is 31.4 Å². The number of carbonyl (C=O) groups excluding carboxylic acids is 3. The van der Waals surface area contributed by atoms with Crippen LogP contribution in [-0.4, -0.2) is 77.0 Å². The van der Waals surface area contributed by atoms with Gasteiger partial charge in [0.15, 0.2) is 0 Å². The number of benzene rings is 2. The molecule has 4 rings (SSSR count). The summed E-state index contributed by atoms with van der Waals surface area (Å²) in [4.78, 5) is 42.7. The predicted molar refractivity (Wildman–Crippen MR) is 141 cm³/mol. The topological polar surface area (TPSA) is 102 Å². The monoisotopic (exact) mass is 542 g/mol. The second kappa shape index (κ2) is 12.7. The van der Waals surface area contributed by atoms with Crippen molar-refractivity contribution in [1.29, 1.82) is 0 Å². The summed E-state index contributed by atoms with van der Waals surface area (Å²) >= 11 is 0. The molecule has 2 heterocycles. The molecule has 5 atom stereocenters. The number of nitrogens with one attached hydrogen (secondary N) is 2. The number of aliphatic hydroxyl groups is 1. The van der Waals surface area contributed by atoms with Crippen LogP contribution in [0.2, 0.25) is 0 Å². The summed E-state index contributed by atoms with van der Waals surface area (Å²) < 4.78 is 27.9. The van der Waals surface area contributed by atoms with Crippen molar-refractivity contribution in [3.05, 3.63) is 71.3 Å². The molecule has 2 aliphatic rings. The summed E-state index contributed by atoms with van der Waals surface area (Å²) in [5.41, 5.74) is 1.17. The second-order valence-corrected chi connectivity index (χ2v) is 10.4. The molecule has 0 radical (unpaired) electrons. The van der Waals surface area contributed by atoms with Gasteiger partial charge in [0, 0.05) is 44.7 Å². The van der Waals surface area contributed by atoms with Crippen LogP contribution in [0.3, 0.4) is 0 Å². The zero-order valence-electron chi connectivity index (χ0n) is 22.3. The van der Waals surface area contributed by atoms with Gasteiger partial charge in [0.2, 0.25) is 17.7 Å². The highest BCUT2D eigenvalue weighted by Crippen LogP contribution is 2.26. The van der Waals surface area contributed by atoms with E-state index in [0.717, 1.165) is 30.2 Å². The number of hydrogen-bond acceptors (Lipinski definition) is 5. The van der Waals surface area contributed by atoms with Crippen LogP contribution in [-0.2, 0) is 27.3 Å². The minimum Gasteiger partial charge on any atom is -0.389 e. The van der Waals surface area contributed by atoms with Crippen LogP contribution in [0.15, 0.2) is 48.5 Å². The van der Waals surface area contributed by atoms with Crippen LogP contribution >= 0.6 is 0 Å². The molecule has 3 N–H and O–H groups in total. The lowest BCUT2D eigenvalue weighted by Gasteiger charge is -2.38. The van der Waals surface area contributed by atoms with Gasteiger partial charge in [0.1, 0.15) is 17.7 Å². The molecule has 0 spiro atoms. The zero-order valence-corrected chi connectivity index (χ0v) is 22.3. The highest BCUT2D eigenvalue weighted by molar-refractivity contribution is 5.91. The van der Waals surface area contributed by atoms with Gasteiger partial charge in [0.05, 0.1) is 18.1 Å². The predicted octanol–water partition coefficient (Wildman–Crippen LogP) is 1.86. The fourth-order valence-corrected chi connectivity index (χ4v) is 5.47. The van der Waals surface area contributed by atoms with Crippen molar-refractivity contribution in [2.75, 3.05) is 26.2 Å². The molecule has 10 heteroatoms. The normalized spacial score (nSPS) is 23.2. The Morgan fingerprint density at radius 1 is 1.08 bits per heavy atom. The summed E-state index contributed by atoms with van der Waals surface area (Å²) in [5.74, 6) is -3.64. The molecule has 5 unspecified atom stereocenters. The molecule has 2 aromatic carbocycles. The molecule has 0 saturated carbocycles. The number of halogens is 2. The van der Waals surface area contributed by atoms with Gasteiger partial charge in [-0.1, -0.05) is 44.2 Å². The molecule has 0 aliphatic carbocycles. The molecule has 3 amide bonds. The average molecular weight is 543 g/mol. The number of aliphatic hydroxyl groups excluding tert-OH is 1. The van der Waals surface area contributed by atoms with Gasteiger partial charge >= 0.3 is 0 Å². The van der Waals surface area contributed by atoms with E-state index in [-0.39, 0.29) is 30.3 Å². The number of likely N-dealkylation sites (tertiary alicyclic amines) is 1. The van der Waals surface area contributed by atoms with Crippen molar-refractivity contribution < 1.29 is 28.3 Å². The van der Waals surface area contributed by atoms with Gasteiger partial charge < -0.3 is 25.5 Å². The molecule has 0 aromatic heterocycles. The molecular weight excluding hydrogens is 506 g/mol. The van der Waals surface area contributed by atoms with E-state index in [1.165, 1.54) is 0 Å². The maximum atomic E-state index is 14.0. The summed E-state index contributed by atoms with van der Waals surface area (Å²) in [6.07, 6.45) is -0.751. The Morgan fingerprint density at radius 2 is 1.77 bits per heavy atom. The molecule has 2 saturated heterocycles. The highest BCUT2D eigenvalue weighted by atomic mass is 19.1. The van der Waals surface area contributed by atoms with Crippen LogP contribution < -0.4 is 10.6 Å². The average Bonchev–Trinajstić information content (AvgIpc) is 3.18. The van der Waals surface area contributed by atoms with E-state index in [9.17, 15) is 28.3 Å². The van der Waals surface area contributed by atoms with Crippen LogP contribution in [0, 0.1) is 23.5 Å². The van der Waals surface area contributed by atoms with Crippen molar-refractivity contribution in [3.63, 3.8) is 0 Å². The maximum absolute atomic E-state index is 14.0. The third kappa shape index (κ3) is 6.80. The van der Waals surface area contributed by atoms with E-state index in [1.54, 1.807) is 16.7 Å². The van der Waals surface area contributed by atoms with Crippen molar-refractivity contribution in [1.82, 2.24) is 20.4 Å². The minimum atomic E-state index is -1.40. The molecule has 39 heavy (non-hydrogen) atoms. The zero-order chi connectivity index (χ0) is 28.1. The van der Waals surface area contributed by atoms with E-state index >= 15 is 0 Å². The first-order valence-corrected chi connectivity index (χ1v) is 13.5. The van der Waals surface area contributed by atoms with Crippen molar-refractivity contribution in [2.24, 2.45) is 11.8 Å². The van der Waals surface area contributed by atoms with E-state index in [1.807, 2.05) is 37.3 Å². The Balaban J connectivity index is 1.54. The Bertz CT molecular complexity index is 1160. The third-order valence-corrected chi connectivity index (χ3v) is 7.55.